The highest BCUT2D eigenvalue weighted by molar-refractivity contribution is 7.14. The fourth-order valence-corrected chi connectivity index (χ4v) is 4.12. The molecule has 0 fully saturated rings. The summed E-state index contributed by atoms with van der Waals surface area (Å²) in [7, 11) is 0. The van der Waals surface area contributed by atoms with Crippen molar-refractivity contribution in [3.8, 4) is 17.0 Å². The Morgan fingerprint density at radius 3 is 2.52 bits per heavy atom. The number of ether oxygens (including phenoxy) is 1. The Balaban J connectivity index is 1.61. The Kier molecular flexibility index (Phi) is 6.67. The molecule has 0 spiro atoms. The van der Waals surface area contributed by atoms with Crippen molar-refractivity contribution in [3.63, 3.8) is 0 Å². The Morgan fingerprint density at radius 2 is 1.85 bits per heavy atom. The minimum absolute atomic E-state index is 0.00474. The average Bonchev–Trinajstić information content (AvgIpc) is 3.28. The number of carbonyl (C=O) groups excluding carboxylic acids is 1. The van der Waals surface area contributed by atoms with Crippen LogP contribution in [0.1, 0.15) is 5.56 Å². The third-order valence-corrected chi connectivity index (χ3v) is 5.82. The van der Waals surface area contributed by atoms with Crippen molar-refractivity contribution in [3.05, 3.63) is 98.9 Å². The molecule has 0 saturated heterocycles. The molecule has 0 unspecified atom stereocenters. The van der Waals surface area contributed by atoms with Crippen LogP contribution in [0.5, 0.6) is 5.75 Å². The van der Waals surface area contributed by atoms with Crippen molar-refractivity contribution in [2.45, 2.75) is 6.92 Å². The number of non-ortho nitro benzene ring substituents is 1. The summed E-state index contributed by atoms with van der Waals surface area (Å²) in [5.74, 6) is 0.239. The minimum Gasteiger partial charge on any atom is -0.484 e. The van der Waals surface area contributed by atoms with E-state index in [0.29, 0.717) is 27.3 Å². The number of nitrogens with zero attached hydrogens (tertiary/aromatic N) is 3. The van der Waals surface area contributed by atoms with Gasteiger partial charge in [0.25, 0.3) is 11.6 Å². The number of hydrogen-bond acceptors (Lipinski definition) is 6. The van der Waals surface area contributed by atoms with Crippen LogP contribution in [0.3, 0.4) is 0 Å². The lowest BCUT2D eigenvalue weighted by molar-refractivity contribution is -0.384. The molecule has 1 aromatic heterocycles. The maximum atomic E-state index is 13.2. The molecule has 1 heterocycles. The van der Waals surface area contributed by atoms with Crippen LogP contribution in [0, 0.1) is 17.0 Å². The molecule has 0 N–H and O–H groups in total. The Hall–Kier alpha value is -3.75. The second-order valence-corrected chi connectivity index (χ2v) is 8.40. The lowest BCUT2D eigenvalue weighted by Gasteiger charge is -2.20. The quantitative estimate of drug-likeness (QED) is 0.225. The first-order valence-corrected chi connectivity index (χ1v) is 11.1. The smallest absolute Gasteiger partial charge is 0.271 e. The summed E-state index contributed by atoms with van der Waals surface area (Å²) in [5.41, 5.74) is 3.01. The maximum Gasteiger partial charge on any atom is 0.271 e. The van der Waals surface area contributed by atoms with Crippen LogP contribution < -0.4 is 9.64 Å². The second kappa shape index (κ2) is 9.81. The van der Waals surface area contributed by atoms with Gasteiger partial charge in [0.1, 0.15) is 5.75 Å². The van der Waals surface area contributed by atoms with E-state index >= 15 is 0 Å². The van der Waals surface area contributed by atoms with Crippen LogP contribution >= 0.6 is 22.9 Å². The van der Waals surface area contributed by atoms with Gasteiger partial charge >= 0.3 is 0 Å². The van der Waals surface area contributed by atoms with Gasteiger partial charge in [-0.3, -0.25) is 19.8 Å². The third kappa shape index (κ3) is 5.36. The topological polar surface area (TPSA) is 85.6 Å². The zero-order valence-electron chi connectivity index (χ0n) is 17.5. The minimum atomic E-state index is -0.449. The molecule has 166 valence electrons. The fourth-order valence-electron chi connectivity index (χ4n) is 3.12. The highest BCUT2D eigenvalue weighted by atomic mass is 35.5. The normalized spacial score (nSPS) is 10.6. The van der Waals surface area contributed by atoms with E-state index in [4.69, 9.17) is 16.3 Å². The second-order valence-electron chi connectivity index (χ2n) is 7.13. The van der Waals surface area contributed by atoms with Crippen LogP contribution in [0.25, 0.3) is 11.3 Å². The predicted octanol–water partition coefficient (Wildman–Crippen LogP) is 6.42. The molecule has 0 aliphatic rings. The van der Waals surface area contributed by atoms with Gasteiger partial charge in [-0.15, -0.1) is 11.3 Å². The van der Waals surface area contributed by atoms with Crippen molar-refractivity contribution >= 4 is 45.4 Å². The van der Waals surface area contributed by atoms with Gasteiger partial charge in [0.05, 0.1) is 16.3 Å². The van der Waals surface area contributed by atoms with Crippen LogP contribution in [0.4, 0.5) is 16.5 Å². The average molecular weight is 480 g/mol. The Morgan fingerprint density at radius 1 is 1.12 bits per heavy atom. The number of anilines is 2. The lowest BCUT2D eigenvalue weighted by Crippen LogP contribution is -2.31. The summed E-state index contributed by atoms with van der Waals surface area (Å²) in [6.07, 6.45) is 0. The molecule has 9 heteroatoms. The van der Waals surface area contributed by atoms with E-state index in [0.717, 1.165) is 11.1 Å². The van der Waals surface area contributed by atoms with Crippen LogP contribution in [-0.4, -0.2) is 22.4 Å². The van der Waals surface area contributed by atoms with E-state index in [9.17, 15) is 14.9 Å². The van der Waals surface area contributed by atoms with Crippen molar-refractivity contribution in [2.75, 3.05) is 11.5 Å². The predicted molar refractivity (Wildman–Crippen MR) is 129 cm³/mol. The van der Waals surface area contributed by atoms with Gasteiger partial charge in [0.2, 0.25) is 0 Å². The molecule has 0 radical (unpaired) electrons. The van der Waals surface area contributed by atoms with E-state index in [-0.39, 0.29) is 18.2 Å². The molecule has 7 nitrogen and oxygen atoms in total. The molecule has 0 saturated carbocycles. The first-order valence-electron chi connectivity index (χ1n) is 9.89. The summed E-state index contributed by atoms with van der Waals surface area (Å²) >= 11 is 7.21. The fraction of sp³-hybridized carbons (Fsp3) is 0.0833. The number of thiazole rings is 1. The number of nitro benzene ring substituents is 1. The van der Waals surface area contributed by atoms with Crippen molar-refractivity contribution in [1.29, 1.82) is 0 Å². The molecule has 1 amide bonds. The zero-order chi connectivity index (χ0) is 23.4. The summed E-state index contributed by atoms with van der Waals surface area (Å²) in [5, 5.41) is 13.8. The number of hydrogen-bond donors (Lipinski definition) is 0. The largest absolute Gasteiger partial charge is 0.484 e. The van der Waals surface area contributed by atoms with Gasteiger partial charge in [0.15, 0.2) is 11.7 Å². The number of aromatic nitrogens is 1. The summed E-state index contributed by atoms with van der Waals surface area (Å²) in [4.78, 5) is 29.8. The molecular formula is C24H18ClN3O4S. The molecule has 0 aliphatic carbocycles. The molecule has 0 bridgehead atoms. The van der Waals surface area contributed by atoms with Gasteiger partial charge in [-0.25, -0.2) is 4.98 Å². The van der Waals surface area contributed by atoms with Crippen LogP contribution in [-0.2, 0) is 4.79 Å². The van der Waals surface area contributed by atoms with Gasteiger partial charge in [-0.1, -0.05) is 23.7 Å². The van der Waals surface area contributed by atoms with E-state index in [2.05, 4.69) is 4.98 Å². The van der Waals surface area contributed by atoms with Crippen molar-refractivity contribution in [1.82, 2.24) is 4.98 Å². The highest BCUT2D eigenvalue weighted by Gasteiger charge is 2.22. The number of amides is 1. The lowest BCUT2D eigenvalue weighted by atomic mass is 10.1. The van der Waals surface area contributed by atoms with Gasteiger partial charge in [-0.2, -0.15) is 0 Å². The monoisotopic (exact) mass is 479 g/mol. The molecule has 33 heavy (non-hydrogen) atoms. The van der Waals surface area contributed by atoms with Crippen LogP contribution in [0.15, 0.2) is 78.2 Å². The summed E-state index contributed by atoms with van der Waals surface area (Å²) in [6, 6.07) is 20.5. The Bertz CT molecular complexity index is 1290. The summed E-state index contributed by atoms with van der Waals surface area (Å²) in [6.45, 7) is 1.75. The zero-order valence-corrected chi connectivity index (χ0v) is 19.0. The molecule has 0 aliphatic heterocycles. The highest BCUT2D eigenvalue weighted by Crippen LogP contribution is 2.33. The molecular weight excluding hydrogens is 462 g/mol. The third-order valence-electron chi connectivity index (χ3n) is 4.74. The van der Waals surface area contributed by atoms with E-state index in [1.807, 2.05) is 36.6 Å². The molecule has 0 atom stereocenters. The van der Waals surface area contributed by atoms with E-state index < -0.39 is 4.92 Å². The van der Waals surface area contributed by atoms with Gasteiger partial charge in [-0.05, 0) is 61.0 Å². The van der Waals surface area contributed by atoms with Gasteiger partial charge in [0, 0.05) is 28.1 Å². The SMILES string of the molecule is Cc1cccc(N(C(=O)COc2ccc(Cl)cc2)c2nc(-c3ccc([N+](=O)[O-])cc3)cs2)c1. The number of nitro groups is 1. The first-order chi connectivity index (χ1) is 15.9. The number of aryl methyl sites for hydroxylation is 1. The maximum absolute atomic E-state index is 13.2. The molecule has 3 aromatic carbocycles. The van der Waals surface area contributed by atoms with Crippen molar-refractivity contribution < 1.29 is 14.5 Å². The summed E-state index contributed by atoms with van der Waals surface area (Å²) < 4.78 is 5.67. The number of carbonyl (C=O) groups is 1. The van der Waals surface area contributed by atoms with E-state index in [1.54, 1.807) is 36.4 Å². The first kappa shape index (κ1) is 22.4. The number of rotatable bonds is 7. The molecule has 4 rings (SSSR count). The van der Waals surface area contributed by atoms with Gasteiger partial charge < -0.3 is 4.74 Å². The Labute approximate surface area is 199 Å². The number of halogens is 1. The standard InChI is InChI=1S/C24H18ClN3O4S/c1-16-3-2-4-20(13-16)27(23(29)14-32-21-11-7-18(25)8-12-21)24-26-22(15-33-24)17-5-9-19(10-6-17)28(30)31/h2-13,15H,14H2,1H3. The number of benzene rings is 3. The van der Waals surface area contributed by atoms with Crippen LogP contribution in [0.2, 0.25) is 5.02 Å². The molecule has 4 aromatic rings. The van der Waals surface area contributed by atoms with Crippen molar-refractivity contribution in [2.24, 2.45) is 0 Å². The van der Waals surface area contributed by atoms with E-state index in [1.165, 1.54) is 28.4 Å².